The zero-order chi connectivity index (χ0) is 54.0. The number of hydrogen-bond acceptors (Lipinski definition) is 1. The Morgan fingerprint density at radius 3 is 1.40 bits per heavy atom. The monoisotopic (exact) mass is 1030 g/mol. The minimum Gasteiger partial charge on any atom is -0.310 e. The van der Waals surface area contributed by atoms with Crippen molar-refractivity contribution in [2.75, 3.05) is 4.90 Å². The highest BCUT2D eigenvalue weighted by Crippen LogP contribution is 2.64. The van der Waals surface area contributed by atoms with Crippen LogP contribution in [-0.4, -0.2) is 0 Å². The predicted octanol–water partition coefficient (Wildman–Crippen LogP) is 21.4. The van der Waals surface area contributed by atoms with Crippen molar-refractivity contribution < 1.29 is 0 Å². The zero-order valence-corrected chi connectivity index (χ0v) is 45.3. The molecule has 0 amide bonds. The molecule has 0 radical (unpaired) electrons. The van der Waals surface area contributed by atoms with Crippen LogP contribution in [0.2, 0.25) is 0 Å². The van der Waals surface area contributed by atoms with Crippen molar-refractivity contribution in [3.05, 3.63) is 325 Å². The molecule has 0 N–H and O–H groups in total. The van der Waals surface area contributed by atoms with E-state index in [-0.39, 0.29) is 5.41 Å². The molecule has 0 aromatic heterocycles. The van der Waals surface area contributed by atoms with Gasteiger partial charge in [-0.2, -0.15) is 0 Å². The Balaban J connectivity index is 0.848. The third-order valence-electron chi connectivity index (χ3n) is 18.3. The molecule has 1 nitrogen and oxygen atoms in total. The van der Waals surface area contributed by atoms with Gasteiger partial charge in [0.2, 0.25) is 0 Å². The van der Waals surface area contributed by atoms with Gasteiger partial charge in [-0.05, 0) is 182 Å². The molecule has 380 valence electrons. The first-order valence-corrected chi connectivity index (χ1v) is 28.3. The minimum atomic E-state index is -0.505. The maximum absolute atomic E-state index is 4.09. The van der Waals surface area contributed by atoms with Gasteiger partial charge < -0.3 is 4.90 Å². The van der Waals surface area contributed by atoms with E-state index in [1.54, 1.807) is 0 Å². The summed E-state index contributed by atoms with van der Waals surface area (Å²) in [6, 6.07) is 105. The molecule has 16 rings (SSSR count). The number of fused-ring (bicyclic) bond motifs is 15. The summed E-state index contributed by atoms with van der Waals surface area (Å²) >= 11 is 0. The molecule has 81 heavy (non-hydrogen) atoms. The molecule has 3 aliphatic rings. The number of anilines is 3. The molecule has 0 bridgehead atoms. The minimum absolute atomic E-state index is 0.146. The number of nitrogens with zero attached hydrogens (tertiary/aromatic N) is 1. The van der Waals surface area contributed by atoms with Gasteiger partial charge in [0.15, 0.2) is 0 Å². The van der Waals surface area contributed by atoms with Crippen molar-refractivity contribution in [1.82, 2.24) is 0 Å². The van der Waals surface area contributed by atoms with E-state index in [1.807, 2.05) is 6.08 Å². The van der Waals surface area contributed by atoms with E-state index in [2.05, 4.69) is 304 Å². The summed E-state index contributed by atoms with van der Waals surface area (Å²) in [5.74, 6) is 0. The predicted molar refractivity (Wildman–Crippen MR) is 342 cm³/mol. The number of hydrogen-bond donors (Lipinski definition) is 0. The first-order chi connectivity index (χ1) is 39.9. The Hall–Kier alpha value is -10.1. The van der Waals surface area contributed by atoms with Gasteiger partial charge in [0.1, 0.15) is 0 Å². The molecule has 0 saturated heterocycles. The van der Waals surface area contributed by atoms with E-state index < -0.39 is 5.41 Å². The summed E-state index contributed by atoms with van der Waals surface area (Å²) in [5, 5.41) is 4.85. The standard InChI is InChI=1S/C80H55N/c1-4-51-19-18-22-54(47-51)55-35-40-69-66-27-13-16-31-73(66)80(76(69)48-55)74-32-17-14-28-67(74)70-41-36-56(49-77(70)80)59-43-44-63(61-24-9-8-23-60(59)61)64-45-46-78(71-29-11-10-25-62(64)71)81(57-37-33-53(34-38-57)52-20-6-5-7-21-52)58-39-42-68-65-26-12-15-30-72(65)79(2,3)75(68)50-58/h4-50H,1H2,2-3H3. The third kappa shape index (κ3) is 6.92. The van der Waals surface area contributed by atoms with Crippen molar-refractivity contribution in [3.8, 4) is 77.9 Å². The molecule has 13 aromatic carbocycles. The highest BCUT2D eigenvalue weighted by atomic mass is 15.1. The summed E-state index contributed by atoms with van der Waals surface area (Å²) in [6.07, 6.45) is 1.94. The van der Waals surface area contributed by atoms with Crippen LogP contribution in [0.1, 0.15) is 52.8 Å². The second-order valence-electron chi connectivity index (χ2n) is 22.7. The molecular weight excluding hydrogens is 975 g/mol. The average molecular weight is 1030 g/mol. The molecule has 13 aromatic rings. The fourth-order valence-electron chi connectivity index (χ4n) is 14.5. The van der Waals surface area contributed by atoms with E-state index >= 15 is 0 Å². The van der Waals surface area contributed by atoms with Crippen LogP contribution >= 0.6 is 0 Å². The molecule has 0 aliphatic heterocycles. The van der Waals surface area contributed by atoms with Gasteiger partial charge in [0.05, 0.1) is 11.1 Å². The highest BCUT2D eigenvalue weighted by molar-refractivity contribution is 6.13. The summed E-state index contributed by atoms with van der Waals surface area (Å²) in [6.45, 7) is 8.83. The molecule has 1 unspecified atom stereocenters. The maximum atomic E-state index is 4.09. The first-order valence-electron chi connectivity index (χ1n) is 28.3. The summed E-state index contributed by atoms with van der Waals surface area (Å²) in [7, 11) is 0. The average Bonchev–Trinajstić information content (AvgIpc) is 4.29. The van der Waals surface area contributed by atoms with Crippen LogP contribution < -0.4 is 4.90 Å². The molecular formula is C80H55N. The van der Waals surface area contributed by atoms with Gasteiger partial charge in [-0.3, -0.25) is 0 Å². The Bertz CT molecular complexity index is 4730. The smallest absolute Gasteiger partial charge is 0.0725 e. The Kier molecular flexibility index (Phi) is 10.4. The number of rotatable bonds is 8. The van der Waals surface area contributed by atoms with Crippen molar-refractivity contribution in [2.45, 2.75) is 24.7 Å². The van der Waals surface area contributed by atoms with Gasteiger partial charge in [0, 0.05) is 22.2 Å². The van der Waals surface area contributed by atoms with Crippen molar-refractivity contribution in [1.29, 1.82) is 0 Å². The molecule has 1 atom stereocenters. The Morgan fingerprint density at radius 2 is 0.716 bits per heavy atom. The van der Waals surface area contributed by atoms with Crippen LogP contribution in [0.25, 0.3) is 106 Å². The van der Waals surface area contributed by atoms with Crippen molar-refractivity contribution in [3.63, 3.8) is 0 Å². The highest BCUT2D eigenvalue weighted by Gasteiger charge is 2.52. The lowest BCUT2D eigenvalue weighted by atomic mass is 9.70. The lowest BCUT2D eigenvalue weighted by Gasteiger charge is -2.31. The summed E-state index contributed by atoms with van der Waals surface area (Å²) in [4.78, 5) is 2.47. The number of benzene rings is 13. The first kappa shape index (κ1) is 47.0. The fourth-order valence-corrected chi connectivity index (χ4v) is 14.5. The van der Waals surface area contributed by atoms with Gasteiger partial charge in [-0.1, -0.05) is 257 Å². The van der Waals surface area contributed by atoms with Crippen LogP contribution in [0.3, 0.4) is 0 Å². The Labute approximate surface area is 474 Å². The molecule has 3 aliphatic carbocycles. The topological polar surface area (TPSA) is 3.24 Å². The van der Waals surface area contributed by atoms with E-state index in [1.165, 1.54) is 133 Å². The second kappa shape index (κ2) is 18.0. The SMILES string of the molecule is C=Cc1cccc(-c2ccc3c(c2)C2(c4ccccc4-3)c3ccccc3-c3ccc(-c4ccc(-c5ccc(N(c6ccc(-c7ccccc7)cc6)c6ccc7c(c6)C(C)(C)c6ccccc6-7)c6ccccc56)c5ccccc45)cc32)c1. The molecule has 0 heterocycles. The second-order valence-corrected chi connectivity index (χ2v) is 22.7. The van der Waals surface area contributed by atoms with Crippen LogP contribution in [0, 0.1) is 0 Å². The largest absolute Gasteiger partial charge is 0.310 e. The third-order valence-corrected chi connectivity index (χ3v) is 18.3. The van der Waals surface area contributed by atoms with Gasteiger partial charge in [-0.15, -0.1) is 0 Å². The van der Waals surface area contributed by atoms with Gasteiger partial charge in [-0.25, -0.2) is 0 Å². The van der Waals surface area contributed by atoms with E-state index in [0.29, 0.717) is 0 Å². The summed E-state index contributed by atoms with van der Waals surface area (Å²) < 4.78 is 0. The normalized spacial score (nSPS) is 14.7. The lowest BCUT2D eigenvalue weighted by molar-refractivity contribution is 0.660. The van der Waals surface area contributed by atoms with E-state index in [4.69, 9.17) is 0 Å². The zero-order valence-electron chi connectivity index (χ0n) is 45.3. The van der Waals surface area contributed by atoms with Crippen LogP contribution in [0.4, 0.5) is 17.1 Å². The fraction of sp³-hybridized carbons (Fsp3) is 0.0500. The Morgan fingerprint density at radius 1 is 0.284 bits per heavy atom. The van der Waals surface area contributed by atoms with E-state index in [0.717, 1.165) is 22.6 Å². The molecule has 1 spiro atoms. The van der Waals surface area contributed by atoms with E-state index in [9.17, 15) is 0 Å². The maximum Gasteiger partial charge on any atom is 0.0725 e. The molecule has 0 fully saturated rings. The van der Waals surface area contributed by atoms with Crippen LogP contribution in [0.15, 0.2) is 286 Å². The quantitative estimate of drug-likeness (QED) is 0.147. The summed E-state index contributed by atoms with van der Waals surface area (Å²) in [5.41, 5.74) is 29.4. The van der Waals surface area contributed by atoms with Gasteiger partial charge in [0.25, 0.3) is 0 Å². The lowest BCUT2D eigenvalue weighted by Crippen LogP contribution is -2.26. The molecule has 0 saturated carbocycles. The van der Waals surface area contributed by atoms with Crippen molar-refractivity contribution >= 4 is 44.7 Å². The molecule has 1 heteroatoms. The van der Waals surface area contributed by atoms with Gasteiger partial charge >= 0.3 is 0 Å². The van der Waals surface area contributed by atoms with Crippen LogP contribution in [0.5, 0.6) is 0 Å². The van der Waals surface area contributed by atoms with Crippen molar-refractivity contribution in [2.24, 2.45) is 0 Å². The van der Waals surface area contributed by atoms with Crippen LogP contribution in [-0.2, 0) is 10.8 Å².